The van der Waals surface area contributed by atoms with Crippen LogP contribution in [0.25, 0.3) is 0 Å². The summed E-state index contributed by atoms with van der Waals surface area (Å²) < 4.78 is 5.84. The summed E-state index contributed by atoms with van der Waals surface area (Å²) in [6.07, 6.45) is 4.93. The van der Waals surface area contributed by atoms with Gasteiger partial charge in [-0.1, -0.05) is 36.7 Å². The Morgan fingerprint density at radius 2 is 1.81 bits per heavy atom. The second-order valence-corrected chi connectivity index (χ2v) is 7.37. The topological polar surface area (TPSA) is 38.3 Å². The molecule has 2 aromatic rings. The minimum atomic E-state index is -0.517. The number of carbonyl (C=O) groups is 1. The second-order valence-electron chi connectivity index (χ2n) is 6.93. The summed E-state index contributed by atoms with van der Waals surface area (Å²) in [6.45, 7) is 3.97. The molecule has 26 heavy (non-hydrogen) atoms. The molecule has 0 radical (unpaired) electrons. The van der Waals surface area contributed by atoms with Crippen LogP contribution in [0.5, 0.6) is 5.75 Å². The highest BCUT2D eigenvalue weighted by atomic mass is 35.5. The Kier molecular flexibility index (Phi) is 6.20. The lowest BCUT2D eigenvalue weighted by Crippen LogP contribution is -2.39. The maximum atomic E-state index is 12.7. The van der Waals surface area contributed by atoms with Gasteiger partial charge in [0.1, 0.15) is 5.75 Å². The Bertz CT molecular complexity index is 757. The summed E-state index contributed by atoms with van der Waals surface area (Å²) in [6, 6.07) is 13.6. The molecule has 0 saturated heterocycles. The number of ether oxygens (including phenoxy) is 1. The highest BCUT2D eigenvalue weighted by Crippen LogP contribution is 2.25. The molecule has 1 aliphatic carbocycles. The van der Waals surface area contributed by atoms with Crippen LogP contribution in [-0.2, 0) is 17.6 Å². The SMILES string of the molecule is CC[C@@H](Oc1ccc(Cl)cc1)C(=O)N[C@@H](C)c1ccc2c(c1)CCCC2. The molecule has 0 saturated carbocycles. The highest BCUT2D eigenvalue weighted by molar-refractivity contribution is 6.30. The zero-order valence-corrected chi connectivity index (χ0v) is 16.2. The van der Waals surface area contributed by atoms with E-state index < -0.39 is 6.10 Å². The first kappa shape index (κ1) is 18.8. The zero-order chi connectivity index (χ0) is 18.5. The van der Waals surface area contributed by atoms with Crippen LogP contribution in [0.3, 0.4) is 0 Å². The molecule has 1 amide bonds. The van der Waals surface area contributed by atoms with Crippen LogP contribution in [0.2, 0.25) is 5.02 Å². The summed E-state index contributed by atoms with van der Waals surface area (Å²) in [7, 11) is 0. The first-order valence-corrected chi connectivity index (χ1v) is 9.79. The van der Waals surface area contributed by atoms with E-state index in [1.807, 2.05) is 13.8 Å². The largest absolute Gasteiger partial charge is 0.481 e. The Balaban J connectivity index is 1.64. The number of halogens is 1. The quantitative estimate of drug-likeness (QED) is 0.752. The van der Waals surface area contributed by atoms with Crippen molar-refractivity contribution in [1.82, 2.24) is 5.32 Å². The van der Waals surface area contributed by atoms with Crippen LogP contribution in [0.1, 0.15) is 55.8 Å². The van der Waals surface area contributed by atoms with Gasteiger partial charge in [-0.2, -0.15) is 0 Å². The van der Waals surface area contributed by atoms with Gasteiger partial charge < -0.3 is 10.1 Å². The van der Waals surface area contributed by atoms with Crippen molar-refractivity contribution in [3.63, 3.8) is 0 Å². The van der Waals surface area contributed by atoms with E-state index in [1.54, 1.807) is 24.3 Å². The molecular formula is C22H26ClNO2. The Morgan fingerprint density at radius 3 is 2.50 bits per heavy atom. The fourth-order valence-electron chi connectivity index (χ4n) is 3.41. The molecule has 3 rings (SSSR count). The van der Waals surface area contributed by atoms with E-state index in [2.05, 4.69) is 23.5 Å². The number of hydrogen-bond acceptors (Lipinski definition) is 2. The molecule has 0 spiro atoms. The molecule has 2 atom stereocenters. The van der Waals surface area contributed by atoms with E-state index in [1.165, 1.54) is 30.4 Å². The summed E-state index contributed by atoms with van der Waals surface area (Å²) in [5, 5.41) is 3.74. The van der Waals surface area contributed by atoms with Crippen molar-refractivity contribution in [1.29, 1.82) is 0 Å². The average molecular weight is 372 g/mol. The third kappa shape index (κ3) is 4.59. The number of amides is 1. The fourth-order valence-corrected chi connectivity index (χ4v) is 3.54. The van der Waals surface area contributed by atoms with Gasteiger partial charge in [0.15, 0.2) is 6.10 Å². The molecule has 0 heterocycles. The summed E-state index contributed by atoms with van der Waals surface area (Å²) in [5.74, 6) is 0.561. The maximum Gasteiger partial charge on any atom is 0.261 e. The molecule has 4 heteroatoms. The molecule has 1 N–H and O–H groups in total. The average Bonchev–Trinajstić information content (AvgIpc) is 2.67. The minimum absolute atomic E-state index is 0.0439. The predicted octanol–water partition coefficient (Wildman–Crippen LogP) is 5.25. The number of carbonyl (C=O) groups excluding carboxylic acids is 1. The zero-order valence-electron chi connectivity index (χ0n) is 15.4. The van der Waals surface area contributed by atoms with Crippen LogP contribution in [0, 0.1) is 0 Å². The first-order valence-electron chi connectivity index (χ1n) is 9.41. The van der Waals surface area contributed by atoms with Gasteiger partial charge in [0.05, 0.1) is 6.04 Å². The van der Waals surface area contributed by atoms with E-state index in [0.717, 1.165) is 12.0 Å². The number of benzene rings is 2. The molecule has 0 unspecified atom stereocenters. The fraction of sp³-hybridized carbons (Fsp3) is 0.409. The van der Waals surface area contributed by atoms with Crippen molar-refractivity contribution in [3.05, 3.63) is 64.2 Å². The molecule has 0 fully saturated rings. The third-order valence-corrected chi connectivity index (χ3v) is 5.24. The van der Waals surface area contributed by atoms with E-state index in [0.29, 0.717) is 17.2 Å². The normalized spacial score (nSPS) is 15.7. The minimum Gasteiger partial charge on any atom is -0.481 e. The van der Waals surface area contributed by atoms with Gasteiger partial charge in [0, 0.05) is 5.02 Å². The molecule has 0 bridgehead atoms. The number of hydrogen-bond donors (Lipinski definition) is 1. The van der Waals surface area contributed by atoms with Crippen molar-refractivity contribution in [2.45, 2.75) is 58.1 Å². The lowest BCUT2D eigenvalue weighted by Gasteiger charge is -2.22. The predicted molar refractivity (Wildman–Crippen MR) is 106 cm³/mol. The third-order valence-electron chi connectivity index (χ3n) is 4.99. The van der Waals surface area contributed by atoms with Gasteiger partial charge >= 0.3 is 0 Å². The molecule has 0 aromatic heterocycles. The van der Waals surface area contributed by atoms with E-state index in [4.69, 9.17) is 16.3 Å². The smallest absolute Gasteiger partial charge is 0.261 e. The molecule has 3 nitrogen and oxygen atoms in total. The Labute approximate surface area is 160 Å². The summed E-state index contributed by atoms with van der Waals surface area (Å²) in [4.78, 5) is 12.7. The molecule has 138 valence electrons. The van der Waals surface area contributed by atoms with Crippen LogP contribution >= 0.6 is 11.6 Å². The first-order chi connectivity index (χ1) is 12.6. The van der Waals surface area contributed by atoms with Gasteiger partial charge in [-0.3, -0.25) is 4.79 Å². The van der Waals surface area contributed by atoms with Crippen molar-refractivity contribution in [2.75, 3.05) is 0 Å². The molecule has 1 aliphatic rings. The second kappa shape index (κ2) is 8.59. The number of fused-ring (bicyclic) bond motifs is 1. The van der Waals surface area contributed by atoms with E-state index >= 15 is 0 Å². The van der Waals surface area contributed by atoms with Gasteiger partial charge in [0.2, 0.25) is 0 Å². The monoisotopic (exact) mass is 371 g/mol. The van der Waals surface area contributed by atoms with Crippen molar-refractivity contribution < 1.29 is 9.53 Å². The highest BCUT2D eigenvalue weighted by Gasteiger charge is 2.21. The van der Waals surface area contributed by atoms with Crippen LogP contribution in [0.4, 0.5) is 0 Å². The molecule has 0 aliphatic heterocycles. The van der Waals surface area contributed by atoms with Crippen molar-refractivity contribution >= 4 is 17.5 Å². The number of aryl methyl sites for hydroxylation is 2. The lowest BCUT2D eigenvalue weighted by atomic mass is 9.89. The Hall–Kier alpha value is -2.00. The summed E-state index contributed by atoms with van der Waals surface area (Å²) in [5.41, 5.74) is 4.04. The van der Waals surface area contributed by atoms with Crippen LogP contribution in [-0.4, -0.2) is 12.0 Å². The molecule has 2 aromatic carbocycles. The lowest BCUT2D eigenvalue weighted by molar-refractivity contribution is -0.128. The van der Waals surface area contributed by atoms with E-state index in [-0.39, 0.29) is 11.9 Å². The van der Waals surface area contributed by atoms with Crippen LogP contribution in [0.15, 0.2) is 42.5 Å². The number of nitrogens with one attached hydrogen (secondary N) is 1. The van der Waals surface area contributed by atoms with E-state index in [9.17, 15) is 4.79 Å². The molecular weight excluding hydrogens is 346 g/mol. The van der Waals surface area contributed by atoms with Gasteiger partial charge in [-0.15, -0.1) is 0 Å². The van der Waals surface area contributed by atoms with Gasteiger partial charge in [0.25, 0.3) is 5.91 Å². The van der Waals surface area contributed by atoms with Gasteiger partial charge in [-0.25, -0.2) is 0 Å². The summed E-state index contributed by atoms with van der Waals surface area (Å²) >= 11 is 5.90. The number of rotatable bonds is 6. The van der Waals surface area contributed by atoms with Crippen LogP contribution < -0.4 is 10.1 Å². The van der Waals surface area contributed by atoms with Gasteiger partial charge in [-0.05, 0) is 80.0 Å². The standard InChI is InChI=1S/C22H26ClNO2/c1-3-21(26-20-12-10-19(23)11-13-20)22(25)24-15(2)17-9-8-16-6-4-5-7-18(16)14-17/h8-15,21H,3-7H2,1-2H3,(H,24,25)/t15-,21+/m0/s1. The van der Waals surface area contributed by atoms with Crippen molar-refractivity contribution in [3.8, 4) is 5.75 Å². The Morgan fingerprint density at radius 1 is 1.12 bits per heavy atom. The van der Waals surface area contributed by atoms with Crippen molar-refractivity contribution in [2.24, 2.45) is 0 Å². The maximum absolute atomic E-state index is 12.7.